The fourth-order valence-corrected chi connectivity index (χ4v) is 9.54. The smallest absolute Gasteiger partial charge is 0.0546 e. The van der Waals surface area contributed by atoms with E-state index >= 15 is 0 Å². The lowest BCUT2D eigenvalue weighted by molar-refractivity contribution is 0.660. The van der Waals surface area contributed by atoms with E-state index in [0.29, 0.717) is 0 Å². The average molecular weight is 766 g/mol. The van der Waals surface area contributed by atoms with Crippen LogP contribution in [0.15, 0.2) is 224 Å². The molecule has 60 heavy (non-hydrogen) atoms. The summed E-state index contributed by atoms with van der Waals surface area (Å²) in [6.07, 6.45) is 0. The fourth-order valence-electron chi connectivity index (χ4n) is 9.54. The summed E-state index contributed by atoms with van der Waals surface area (Å²) in [5.74, 6) is 0. The second kappa shape index (κ2) is 14.4. The first-order valence-corrected chi connectivity index (χ1v) is 20.9. The third-order valence-corrected chi connectivity index (χ3v) is 12.7. The van der Waals surface area contributed by atoms with Crippen molar-refractivity contribution in [2.45, 2.75) is 19.3 Å². The molecule has 0 bridgehead atoms. The molecule has 0 saturated heterocycles. The number of rotatable bonds is 7. The van der Waals surface area contributed by atoms with Crippen molar-refractivity contribution in [3.63, 3.8) is 0 Å². The maximum Gasteiger partial charge on any atom is 0.0546 e. The minimum Gasteiger partial charge on any atom is -0.309 e. The van der Waals surface area contributed by atoms with Gasteiger partial charge in [-0.1, -0.05) is 208 Å². The maximum absolute atomic E-state index is 2.50. The van der Waals surface area contributed by atoms with E-state index < -0.39 is 0 Å². The molecule has 0 aromatic heterocycles. The molecular formula is C59H43N. The molecule has 1 aliphatic rings. The van der Waals surface area contributed by atoms with Crippen molar-refractivity contribution in [1.29, 1.82) is 0 Å². The van der Waals surface area contributed by atoms with Crippen LogP contribution in [0, 0.1) is 0 Å². The van der Waals surface area contributed by atoms with Gasteiger partial charge in [-0.3, -0.25) is 0 Å². The molecule has 0 unspecified atom stereocenters. The minimum absolute atomic E-state index is 0.215. The zero-order valence-corrected chi connectivity index (χ0v) is 33.8. The van der Waals surface area contributed by atoms with Crippen LogP contribution in [0.1, 0.15) is 25.0 Å². The summed E-state index contributed by atoms with van der Waals surface area (Å²) in [7, 11) is 0. The number of benzene rings is 10. The number of nitrogens with zero attached hydrogens (tertiary/aromatic N) is 1. The Bertz CT molecular complexity index is 3200. The molecule has 1 heteroatoms. The third kappa shape index (κ3) is 6.01. The number of para-hydroxylation sites is 1. The summed E-state index contributed by atoms with van der Waals surface area (Å²) in [4.78, 5) is 2.50. The summed E-state index contributed by atoms with van der Waals surface area (Å²) in [5.41, 5.74) is 18.3. The summed E-state index contributed by atoms with van der Waals surface area (Å²) in [5, 5.41) is 4.97. The molecular weight excluding hydrogens is 723 g/mol. The normalized spacial score (nSPS) is 12.6. The van der Waals surface area contributed by atoms with Gasteiger partial charge < -0.3 is 4.90 Å². The Morgan fingerprint density at radius 3 is 1.43 bits per heavy atom. The van der Waals surface area contributed by atoms with Crippen LogP contribution in [0.3, 0.4) is 0 Å². The first-order valence-electron chi connectivity index (χ1n) is 20.9. The Kier molecular flexibility index (Phi) is 8.57. The van der Waals surface area contributed by atoms with Gasteiger partial charge in [0.25, 0.3) is 0 Å². The van der Waals surface area contributed by atoms with Crippen molar-refractivity contribution in [1.82, 2.24) is 0 Å². The number of fused-ring (bicyclic) bond motifs is 6. The summed E-state index contributed by atoms with van der Waals surface area (Å²) >= 11 is 0. The average Bonchev–Trinajstić information content (AvgIpc) is 3.54. The summed E-state index contributed by atoms with van der Waals surface area (Å²) in [6.45, 7) is 4.78. The highest BCUT2D eigenvalue weighted by Crippen LogP contribution is 2.53. The standard InChI is InChI=1S/C59H43N/c1-59(2)55-37-46(44-31-29-43(30-32-44)42-27-25-41(26-28-42)40-15-5-3-6-16-40)33-35-52(55)53-36-34-48(39-56(53)59)60(57-24-14-13-21-50(57)45-17-7-4-8-18-45)58-38-47-19-9-10-20-49(47)51-22-11-12-23-54(51)58/h3-39H,1-2H3. The first kappa shape index (κ1) is 35.7. The van der Waals surface area contributed by atoms with Gasteiger partial charge in [0.15, 0.2) is 0 Å². The van der Waals surface area contributed by atoms with Crippen molar-refractivity contribution in [3.8, 4) is 55.6 Å². The van der Waals surface area contributed by atoms with Gasteiger partial charge in [-0.2, -0.15) is 0 Å². The van der Waals surface area contributed by atoms with E-state index in [-0.39, 0.29) is 5.41 Å². The molecule has 284 valence electrons. The molecule has 0 fully saturated rings. The highest BCUT2D eigenvalue weighted by Gasteiger charge is 2.36. The third-order valence-electron chi connectivity index (χ3n) is 12.7. The van der Waals surface area contributed by atoms with Gasteiger partial charge in [-0.15, -0.1) is 0 Å². The van der Waals surface area contributed by atoms with Crippen LogP contribution >= 0.6 is 0 Å². The van der Waals surface area contributed by atoms with E-state index in [2.05, 4.69) is 243 Å². The van der Waals surface area contributed by atoms with E-state index in [1.165, 1.54) is 94.0 Å². The zero-order valence-electron chi connectivity index (χ0n) is 33.8. The highest BCUT2D eigenvalue weighted by molar-refractivity contribution is 6.15. The van der Waals surface area contributed by atoms with Gasteiger partial charge >= 0.3 is 0 Å². The fraction of sp³-hybridized carbons (Fsp3) is 0.0508. The largest absolute Gasteiger partial charge is 0.309 e. The van der Waals surface area contributed by atoms with Crippen molar-refractivity contribution in [3.05, 3.63) is 236 Å². The van der Waals surface area contributed by atoms with E-state index in [0.717, 1.165) is 11.4 Å². The molecule has 0 atom stereocenters. The SMILES string of the molecule is CC1(C)c2cc(-c3ccc(-c4ccc(-c5ccccc5)cc4)cc3)ccc2-c2ccc(N(c3ccccc3-c3ccccc3)c3cc4ccccc4c4ccccc34)cc21. The van der Waals surface area contributed by atoms with Gasteiger partial charge in [-0.25, -0.2) is 0 Å². The molecule has 0 N–H and O–H groups in total. The van der Waals surface area contributed by atoms with E-state index in [4.69, 9.17) is 0 Å². The van der Waals surface area contributed by atoms with Crippen molar-refractivity contribution in [2.75, 3.05) is 4.90 Å². The molecule has 10 aromatic rings. The molecule has 10 aromatic carbocycles. The molecule has 0 aliphatic heterocycles. The minimum atomic E-state index is -0.215. The summed E-state index contributed by atoms with van der Waals surface area (Å²) < 4.78 is 0. The van der Waals surface area contributed by atoms with Crippen LogP contribution in [0.2, 0.25) is 0 Å². The van der Waals surface area contributed by atoms with E-state index in [1.54, 1.807) is 0 Å². The van der Waals surface area contributed by atoms with Crippen LogP contribution in [0.5, 0.6) is 0 Å². The van der Waals surface area contributed by atoms with Crippen LogP contribution in [-0.4, -0.2) is 0 Å². The number of anilines is 3. The quantitative estimate of drug-likeness (QED) is 0.146. The maximum atomic E-state index is 2.50. The molecule has 0 radical (unpaired) electrons. The Morgan fingerprint density at radius 1 is 0.300 bits per heavy atom. The van der Waals surface area contributed by atoms with E-state index in [9.17, 15) is 0 Å². The number of hydrogen-bond donors (Lipinski definition) is 0. The molecule has 1 aliphatic carbocycles. The van der Waals surface area contributed by atoms with Crippen LogP contribution < -0.4 is 4.90 Å². The molecule has 11 rings (SSSR count). The molecule has 0 spiro atoms. The van der Waals surface area contributed by atoms with Crippen molar-refractivity contribution in [2.24, 2.45) is 0 Å². The first-order chi connectivity index (χ1) is 29.5. The van der Waals surface area contributed by atoms with Gasteiger partial charge in [-0.05, 0) is 108 Å². The van der Waals surface area contributed by atoms with Gasteiger partial charge in [0.1, 0.15) is 0 Å². The van der Waals surface area contributed by atoms with Crippen LogP contribution in [0.4, 0.5) is 17.1 Å². The van der Waals surface area contributed by atoms with Gasteiger partial charge in [0, 0.05) is 22.1 Å². The Morgan fingerprint density at radius 2 is 0.767 bits per heavy atom. The second-order valence-electron chi connectivity index (χ2n) is 16.5. The topological polar surface area (TPSA) is 3.24 Å². The molecule has 0 heterocycles. The Balaban J connectivity index is 0.994. The zero-order chi connectivity index (χ0) is 40.2. The number of hydrogen-bond acceptors (Lipinski definition) is 1. The van der Waals surface area contributed by atoms with E-state index in [1.807, 2.05) is 0 Å². The lowest BCUT2D eigenvalue weighted by atomic mass is 9.81. The summed E-state index contributed by atoms with van der Waals surface area (Å²) in [6, 6.07) is 82.3. The molecule has 1 nitrogen and oxygen atoms in total. The van der Waals surface area contributed by atoms with Gasteiger partial charge in [0.05, 0.1) is 11.4 Å². The highest BCUT2D eigenvalue weighted by atomic mass is 15.1. The van der Waals surface area contributed by atoms with Crippen molar-refractivity contribution >= 4 is 38.6 Å². The Hall–Kier alpha value is -7.48. The predicted octanol–water partition coefficient (Wildman–Crippen LogP) is 16.4. The van der Waals surface area contributed by atoms with Crippen molar-refractivity contribution < 1.29 is 0 Å². The van der Waals surface area contributed by atoms with Gasteiger partial charge in [0.2, 0.25) is 0 Å². The Labute approximate surface area is 352 Å². The second-order valence-corrected chi connectivity index (χ2v) is 16.5. The molecule has 0 amide bonds. The molecule has 0 saturated carbocycles. The lowest BCUT2D eigenvalue weighted by Crippen LogP contribution is -2.17. The monoisotopic (exact) mass is 765 g/mol. The lowest BCUT2D eigenvalue weighted by Gasteiger charge is -2.31. The predicted molar refractivity (Wildman–Crippen MR) is 255 cm³/mol. The van der Waals surface area contributed by atoms with Crippen LogP contribution in [-0.2, 0) is 5.41 Å². The van der Waals surface area contributed by atoms with Crippen LogP contribution in [0.25, 0.3) is 77.2 Å².